The van der Waals surface area contributed by atoms with E-state index in [0.717, 1.165) is 22.8 Å². The van der Waals surface area contributed by atoms with E-state index in [4.69, 9.17) is 23.2 Å². The van der Waals surface area contributed by atoms with E-state index in [2.05, 4.69) is 49.2 Å². The summed E-state index contributed by atoms with van der Waals surface area (Å²) in [5, 5.41) is 0.725. The SMILES string of the molecule is Cc1ccc(CN(C)c2cccc(Cl)c2CCl)cc1. The second-order valence-electron chi connectivity index (χ2n) is 4.71. The Kier molecular flexibility index (Phi) is 4.73. The van der Waals surface area contributed by atoms with Gasteiger partial charge in [0, 0.05) is 29.9 Å². The van der Waals surface area contributed by atoms with Gasteiger partial charge in [0.1, 0.15) is 0 Å². The second-order valence-corrected chi connectivity index (χ2v) is 5.39. The molecule has 0 unspecified atom stereocenters. The lowest BCUT2D eigenvalue weighted by atomic mass is 10.1. The van der Waals surface area contributed by atoms with Crippen LogP contribution in [-0.2, 0) is 12.4 Å². The van der Waals surface area contributed by atoms with Crippen LogP contribution >= 0.6 is 23.2 Å². The number of aryl methyl sites for hydroxylation is 1. The minimum Gasteiger partial charge on any atom is -0.370 e. The van der Waals surface area contributed by atoms with Crippen LogP contribution in [0.2, 0.25) is 5.02 Å². The predicted octanol–water partition coefficient (Wildman–Crippen LogP) is 5.02. The zero-order chi connectivity index (χ0) is 13.8. The first-order chi connectivity index (χ1) is 9.11. The van der Waals surface area contributed by atoms with E-state index in [9.17, 15) is 0 Å². The van der Waals surface area contributed by atoms with Crippen LogP contribution in [0.15, 0.2) is 42.5 Å². The molecule has 100 valence electrons. The molecule has 0 amide bonds. The van der Waals surface area contributed by atoms with E-state index in [1.54, 1.807) is 0 Å². The standard InChI is InChI=1S/C16H17Cl2N/c1-12-6-8-13(9-7-12)11-19(2)16-5-3-4-15(18)14(16)10-17/h3-9H,10-11H2,1-2H3. The Balaban J connectivity index is 2.22. The third-order valence-corrected chi connectivity index (χ3v) is 3.80. The predicted molar refractivity (Wildman–Crippen MR) is 84.3 cm³/mol. The molecule has 0 saturated carbocycles. The van der Waals surface area contributed by atoms with Crippen LogP contribution in [-0.4, -0.2) is 7.05 Å². The summed E-state index contributed by atoms with van der Waals surface area (Å²) in [5.41, 5.74) is 4.62. The molecular weight excluding hydrogens is 277 g/mol. The van der Waals surface area contributed by atoms with Crippen LogP contribution in [0.3, 0.4) is 0 Å². The van der Waals surface area contributed by atoms with Crippen molar-refractivity contribution >= 4 is 28.9 Å². The van der Waals surface area contributed by atoms with Crippen molar-refractivity contribution in [2.75, 3.05) is 11.9 Å². The molecule has 3 heteroatoms. The lowest BCUT2D eigenvalue weighted by Crippen LogP contribution is -2.17. The average Bonchev–Trinajstić information content (AvgIpc) is 2.41. The Morgan fingerprint density at radius 3 is 2.37 bits per heavy atom. The summed E-state index contributed by atoms with van der Waals surface area (Å²) in [5.74, 6) is 0.424. The number of hydrogen-bond acceptors (Lipinski definition) is 1. The second kappa shape index (κ2) is 6.31. The van der Waals surface area contributed by atoms with Gasteiger partial charge in [0.15, 0.2) is 0 Å². The van der Waals surface area contributed by atoms with Crippen molar-refractivity contribution in [2.24, 2.45) is 0 Å². The molecule has 1 nitrogen and oxygen atoms in total. The van der Waals surface area contributed by atoms with Gasteiger partial charge in [-0.25, -0.2) is 0 Å². The van der Waals surface area contributed by atoms with Crippen molar-refractivity contribution in [2.45, 2.75) is 19.3 Å². The third kappa shape index (κ3) is 3.43. The molecule has 0 aliphatic rings. The monoisotopic (exact) mass is 293 g/mol. The third-order valence-electron chi connectivity index (χ3n) is 3.18. The van der Waals surface area contributed by atoms with Gasteiger partial charge >= 0.3 is 0 Å². The molecular formula is C16H17Cl2N. The molecule has 0 aliphatic carbocycles. The molecule has 0 atom stereocenters. The zero-order valence-electron chi connectivity index (χ0n) is 11.2. The number of rotatable bonds is 4. The van der Waals surface area contributed by atoms with Gasteiger partial charge in [0.25, 0.3) is 0 Å². The molecule has 19 heavy (non-hydrogen) atoms. The van der Waals surface area contributed by atoms with E-state index in [1.165, 1.54) is 11.1 Å². The fourth-order valence-electron chi connectivity index (χ4n) is 2.09. The molecule has 0 aromatic heterocycles. The van der Waals surface area contributed by atoms with Crippen molar-refractivity contribution in [1.82, 2.24) is 0 Å². The molecule has 2 aromatic carbocycles. The number of alkyl halides is 1. The molecule has 0 radical (unpaired) electrons. The molecule has 0 bridgehead atoms. The first-order valence-corrected chi connectivity index (χ1v) is 7.13. The first kappa shape index (κ1) is 14.2. The lowest BCUT2D eigenvalue weighted by Gasteiger charge is -2.22. The van der Waals surface area contributed by atoms with Crippen molar-refractivity contribution < 1.29 is 0 Å². The Hall–Kier alpha value is -1.18. The van der Waals surface area contributed by atoms with Gasteiger partial charge in [-0.05, 0) is 24.6 Å². The van der Waals surface area contributed by atoms with Gasteiger partial charge in [-0.15, -0.1) is 11.6 Å². The summed E-state index contributed by atoms with van der Waals surface area (Å²) >= 11 is 12.2. The number of nitrogens with zero attached hydrogens (tertiary/aromatic N) is 1. The summed E-state index contributed by atoms with van der Waals surface area (Å²) in [6, 6.07) is 14.4. The van der Waals surface area contributed by atoms with Crippen molar-refractivity contribution in [3.8, 4) is 0 Å². The van der Waals surface area contributed by atoms with Gasteiger partial charge in [-0.2, -0.15) is 0 Å². The van der Waals surface area contributed by atoms with E-state index >= 15 is 0 Å². The Bertz CT molecular complexity index is 549. The number of anilines is 1. The van der Waals surface area contributed by atoms with Gasteiger partial charge < -0.3 is 4.90 Å². The summed E-state index contributed by atoms with van der Waals surface area (Å²) < 4.78 is 0. The molecule has 2 aromatic rings. The molecule has 0 heterocycles. The first-order valence-electron chi connectivity index (χ1n) is 6.22. The molecule has 0 spiro atoms. The van der Waals surface area contributed by atoms with Crippen LogP contribution in [0.4, 0.5) is 5.69 Å². The molecule has 0 aliphatic heterocycles. The summed E-state index contributed by atoms with van der Waals surface area (Å²) in [6.07, 6.45) is 0. The number of halogens is 2. The smallest absolute Gasteiger partial charge is 0.0509 e. The molecule has 0 saturated heterocycles. The van der Waals surface area contributed by atoms with Crippen LogP contribution in [0.5, 0.6) is 0 Å². The summed E-state index contributed by atoms with van der Waals surface area (Å²) in [6.45, 7) is 2.93. The average molecular weight is 294 g/mol. The van der Waals surface area contributed by atoms with E-state index in [0.29, 0.717) is 5.88 Å². The highest BCUT2D eigenvalue weighted by Gasteiger charge is 2.10. The summed E-state index contributed by atoms with van der Waals surface area (Å²) in [7, 11) is 2.06. The van der Waals surface area contributed by atoms with Crippen molar-refractivity contribution in [1.29, 1.82) is 0 Å². The Morgan fingerprint density at radius 1 is 1.05 bits per heavy atom. The van der Waals surface area contributed by atoms with Gasteiger partial charge in [-0.3, -0.25) is 0 Å². The zero-order valence-corrected chi connectivity index (χ0v) is 12.7. The number of benzene rings is 2. The fourth-order valence-corrected chi connectivity index (χ4v) is 2.68. The maximum Gasteiger partial charge on any atom is 0.0509 e. The highest BCUT2D eigenvalue weighted by atomic mass is 35.5. The topological polar surface area (TPSA) is 3.24 Å². The quantitative estimate of drug-likeness (QED) is 0.715. The largest absolute Gasteiger partial charge is 0.370 e. The maximum absolute atomic E-state index is 6.19. The fraction of sp³-hybridized carbons (Fsp3) is 0.250. The van der Waals surface area contributed by atoms with E-state index in [1.807, 2.05) is 12.1 Å². The van der Waals surface area contributed by atoms with Crippen LogP contribution in [0, 0.1) is 6.92 Å². The Labute approximate surface area is 124 Å². The van der Waals surface area contributed by atoms with Gasteiger partial charge in [0.2, 0.25) is 0 Å². The Morgan fingerprint density at radius 2 is 1.74 bits per heavy atom. The van der Waals surface area contributed by atoms with Crippen LogP contribution < -0.4 is 4.90 Å². The highest BCUT2D eigenvalue weighted by Crippen LogP contribution is 2.29. The van der Waals surface area contributed by atoms with Crippen LogP contribution in [0.1, 0.15) is 16.7 Å². The normalized spacial score (nSPS) is 10.5. The van der Waals surface area contributed by atoms with E-state index in [-0.39, 0.29) is 0 Å². The highest BCUT2D eigenvalue weighted by molar-refractivity contribution is 6.32. The van der Waals surface area contributed by atoms with Crippen molar-refractivity contribution in [3.63, 3.8) is 0 Å². The lowest BCUT2D eigenvalue weighted by molar-refractivity contribution is 0.915. The molecule has 0 N–H and O–H groups in total. The minimum atomic E-state index is 0.424. The van der Waals surface area contributed by atoms with Gasteiger partial charge in [-0.1, -0.05) is 47.5 Å². The summed E-state index contributed by atoms with van der Waals surface area (Å²) in [4.78, 5) is 2.17. The molecule has 2 rings (SSSR count). The maximum atomic E-state index is 6.19. The minimum absolute atomic E-state index is 0.424. The molecule has 0 fully saturated rings. The van der Waals surface area contributed by atoms with Gasteiger partial charge in [0.05, 0.1) is 5.88 Å². The number of hydrogen-bond donors (Lipinski definition) is 0. The van der Waals surface area contributed by atoms with Crippen molar-refractivity contribution in [3.05, 3.63) is 64.2 Å². The van der Waals surface area contributed by atoms with Crippen LogP contribution in [0.25, 0.3) is 0 Å². The van der Waals surface area contributed by atoms with E-state index < -0.39 is 0 Å².